The summed E-state index contributed by atoms with van der Waals surface area (Å²) in [6.45, 7) is 1.82. The minimum atomic E-state index is -2.17. The molecule has 1 unspecified atom stereocenters. The van der Waals surface area contributed by atoms with E-state index in [1.165, 1.54) is 0 Å². The first-order valence-electron chi connectivity index (χ1n) is 3.39. The number of hydrogen-bond acceptors (Lipinski definition) is 3. The fourth-order valence-electron chi connectivity index (χ4n) is 0.778. The summed E-state index contributed by atoms with van der Waals surface area (Å²) in [6, 6.07) is 7.08. The Kier molecular flexibility index (Phi) is 5.57. The standard InChI is InChI=1S/C7H7O2P.CHNO/c1-6-4-2-3-5-7(6)10(8)9;2-1-3/h2-5H,1H3;2H/p+1. The van der Waals surface area contributed by atoms with E-state index >= 15 is 0 Å². The van der Waals surface area contributed by atoms with Crippen LogP contribution in [0.15, 0.2) is 24.3 Å². The Balaban J connectivity index is 0.000000424. The maximum atomic E-state index is 10.6. The molecule has 0 aliphatic heterocycles. The van der Waals surface area contributed by atoms with Crippen LogP contribution in [0.3, 0.4) is 0 Å². The Bertz CT molecular complexity index is 332. The fraction of sp³-hybridized carbons (Fsp3) is 0.125. The first kappa shape index (κ1) is 11.7. The Morgan fingerprint density at radius 2 is 1.92 bits per heavy atom. The number of hydrogen-bond donors (Lipinski definition) is 2. The van der Waals surface area contributed by atoms with E-state index in [1.807, 2.05) is 19.1 Å². The summed E-state index contributed by atoms with van der Waals surface area (Å²) in [5, 5.41) is 5.93. The molecule has 1 aromatic carbocycles. The van der Waals surface area contributed by atoms with Crippen LogP contribution in [0.2, 0.25) is 0 Å². The predicted octanol–water partition coefficient (Wildman–Crippen LogP) is 1.26. The molecule has 0 spiro atoms. The van der Waals surface area contributed by atoms with E-state index in [9.17, 15) is 4.57 Å². The molecule has 68 valence electrons. The zero-order valence-corrected chi connectivity index (χ0v) is 7.91. The van der Waals surface area contributed by atoms with Crippen LogP contribution in [0.5, 0.6) is 0 Å². The molecule has 0 aliphatic rings. The van der Waals surface area contributed by atoms with Gasteiger partial charge in [-0.25, -0.2) is 10.2 Å². The molecule has 5 heteroatoms. The lowest BCUT2D eigenvalue weighted by molar-refractivity contribution is 0.513. The van der Waals surface area contributed by atoms with Crippen LogP contribution in [0.1, 0.15) is 5.56 Å². The van der Waals surface area contributed by atoms with Gasteiger partial charge < -0.3 is 0 Å². The van der Waals surface area contributed by atoms with Crippen molar-refractivity contribution < 1.29 is 14.3 Å². The van der Waals surface area contributed by atoms with Gasteiger partial charge in [-0.3, -0.25) is 0 Å². The van der Waals surface area contributed by atoms with Crippen molar-refractivity contribution in [3.63, 3.8) is 0 Å². The van der Waals surface area contributed by atoms with Gasteiger partial charge in [0.2, 0.25) is 11.4 Å². The lowest BCUT2D eigenvalue weighted by atomic mass is 10.2. The van der Waals surface area contributed by atoms with Gasteiger partial charge >= 0.3 is 8.03 Å². The molecular weight excluding hydrogens is 189 g/mol. The summed E-state index contributed by atoms with van der Waals surface area (Å²) >= 11 is 0. The van der Waals surface area contributed by atoms with Gasteiger partial charge in [0.15, 0.2) is 0 Å². The number of aryl methyl sites for hydroxylation is 1. The van der Waals surface area contributed by atoms with Crippen molar-refractivity contribution in [3.05, 3.63) is 29.8 Å². The molecule has 4 nitrogen and oxygen atoms in total. The minimum absolute atomic E-state index is 0.525. The highest BCUT2D eigenvalue weighted by atomic mass is 31.1. The molecule has 1 aromatic rings. The summed E-state index contributed by atoms with van der Waals surface area (Å²) < 4.78 is 10.6. The minimum Gasteiger partial charge on any atom is -0.222 e. The van der Waals surface area contributed by atoms with Crippen molar-refractivity contribution in [2.24, 2.45) is 0 Å². The van der Waals surface area contributed by atoms with Gasteiger partial charge in [0.1, 0.15) is 0 Å². The molecular formula is C8H9NO3P+. The zero-order chi connectivity index (χ0) is 10.3. The number of nitrogens with one attached hydrogen (secondary N) is 1. The van der Waals surface area contributed by atoms with Crippen molar-refractivity contribution in [2.45, 2.75) is 6.92 Å². The average Bonchev–Trinajstić information content (AvgIpc) is 2.06. The second-order valence-electron chi connectivity index (χ2n) is 2.16. The topological polar surface area (TPSA) is 78.2 Å². The van der Waals surface area contributed by atoms with Crippen molar-refractivity contribution in [1.29, 1.82) is 5.41 Å². The molecule has 0 heterocycles. The molecule has 2 N–H and O–H groups in total. The highest BCUT2D eigenvalue weighted by Gasteiger charge is 2.17. The van der Waals surface area contributed by atoms with E-state index in [-0.39, 0.29) is 0 Å². The van der Waals surface area contributed by atoms with Gasteiger partial charge in [-0.15, -0.1) is 0 Å². The molecule has 0 saturated heterocycles. The molecule has 0 saturated carbocycles. The maximum Gasteiger partial charge on any atom is 0.546 e. The summed E-state index contributed by atoms with van der Waals surface area (Å²) in [5.74, 6) is 0. The van der Waals surface area contributed by atoms with Gasteiger partial charge in [0, 0.05) is 5.56 Å². The summed E-state index contributed by atoms with van der Waals surface area (Å²) in [6.07, 6.45) is 0.750. The van der Waals surface area contributed by atoms with Crippen molar-refractivity contribution in [1.82, 2.24) is 0 Å². The fourth-order valence-corrected chi connectivity index (χ4v) is 1.37. The van der Waals surface area contributed by atoms with Gasteiger partial charge in [-0.05, 0) is 17.6 Å². The molecule has 0 bridgehead atoms. The monoisotopic (exact) mass is 198 g/mol. The van der Waals surface area contributed by atoms with Gasteiger partial charge in [-0.1, -0.05) is 18.2 Å². The van der Waals surface area contributed by atoms with E-state index < -0.39 is 8.03 Å². The predicted molar refractivity (Wildman–Crippen MR) is 49.1 cm³/mol. The van der Waals surface area contributed by atoms with Crippen LogP contribution in [0.25, 0.3) is 0 Å². The first-order valence-corrected chi connectivity index (χ1v) is 4.60. The third-order valence-corrected chi connectivity index (χ3v) is 2.24. The Morgan fingerprint density at radius 3 is 2.23 bits per heavy atom. The maximum absolute atomic E-state index is 10.6. The molecule has 0 amide bonds. The molecule has 0 aliphatic carbocycles. The van der Waals surface area contributed by atoms with E-state index in [1.54, 1.807) is 12.1 Å². The lowest BCUT2D eigenvalue weighted by Gasteiger charge is -1.87. The average molecular weight is 198 g/mol. The molecule has 0 aromatic heterocycles. The molecule has 1 rings (SSSR count). The van der Waals surface area contributed by atoms with E-state index in [4.69, 9.17) is 15.1 Å². The van der Waals surface area contributed by atoms with Crippen LogP contribution in [0.4, 0.5) is 0 Å². The summed E-state index contributed by atoms with van der Waals surface area (Å²) in [7, 11) is -2.17. The number of rotatable bonds is 1. The number of isocyanates is 1. The van der Waals surface area contributed by atoms with Crippen molar-refractivity contribution in [3.8, 4) is 0 Å². The summed E-state index contributed by atoms with van der Waals surface area (Å²) in [4.78, 5) is 17.1. The van der Waals surface area contributed by atoms with Crippen LogP contribution in [0, 0.1) is 12.3 Å². The molecule has 1 atom stereocenters. The van der Waals surface area contributed by atoms with E-state index in [0.29, 0.717) is 5.30 Å². The largest absolute Gasteiger partial charge is 0.546 e. The van der Waals surface area contributed by atoms with E-state index in [2.05, 4.69) is 0 Å². The van der Waals surface area contributed by atoms with Crippen LogP contribution < -0.4 is 5.30 Å². The molecule has 0 radical (unpaired) electrons. The molecule has 13 heavy (non-hydrogen) atoms. The highest BCUT2D eigenvalue weighted by Crippen LogP contribution is 2.14. The van der Waals surface area contributed by atoms with Crippen molar-refractivity contribution in [2.75, 3.05) is 0 Å². The first-order chi connectivity index (χ1) is 6.13. The quantitative estimate of drug-likeness (QED) is 0.405. The highest BCUT2D eigenvalue weighted by molar-refractivity contribution is 7.47. The summed E-state index contributed by atoms with van der Waals surface area (Å²) in [5.41, 5.74) is 0.867. The van der Waals surface area contributed by atoms with Gasteiger partial charge in [0.05, 0.1) is 0 Å². The number of carbonyl (C=O) groups excluding carboxylic acids is 1. The normalized spacial score (nSPS) is 9.23. The van der Waals surface area contributed by atoms with E-state index in [0.717, 1.165) is 11.6 Å². The van der Waals surface area contributed by atoms with Crippen LogP contribution in [-0.2, 0) is 9.36 Å². The Labute approximate surface area is 76.6 Å². The van der Waals surface area contributed by atoms with Gasteiger partial charge in [-0.2, -0.15) is 4.89 Å². The van der Waals surface area contributed by atoms with Crippen LogP contribution in [-0.4, -0.2) is 11.0 Å². The lowest BCUT2D eigenvalue weighted by Crippen LogP contribution is -1.99. The Hall–Kier alpha value is -1.34. The second-order valence-corrected chi connectivity index (χ2v) is 3.19. The van der Waals surface area contributed by atoms with Gasteiger partial charge in [0.25, 0.3) is 0 Å². The third kappa shape index (κ3) is 4.28. The smallest absolute Gasteiger partial charge is 0.222 e. The Morgan fingerprint density at radius 1 is 1.46 bits per heavy atom. The molecule has 0 fully saturated rings. The SMILES string of the molecule is Cc1ccccc1[P+](=O)O.N=C=O. The third-order valence-electron chi connectivity index (χ3n) is 1.32. The second kappa shape index (κ2) is 6.21. The van der Waals surface area contributed by atoms with Crippen LogP contribution >= 0.6 is 8.03 Å². The van der Waals surface area contributed by atoms with Crippen molar-refractivity contribution >= 4 is 19.4 Å². The number of benzene rings is 1. The zero-order valence-electron chi connectivity index (χ0n) is 7.02.